The van der Waals surface area contributed by atoms with Gasteiger partial charge in [0.1, 0.15) is 0 Å². The van der Waals surface area contributed by atoms with Gasteiger partial charge in [-0.15, -0.1) is 0 Å². The van der Waals surface area contributed by atoms with Gasteiger partial charge in [0.25, 0.3) is 0 Å². The molecule has 0 saturated carbocycles. The maximum absolute atomic E-state index is 11.3. The maximum Gasteiger partial charge on any atom is 0.248 e. The third-order valence-electron chi connectivity index (χ3n) is 4.02. The van der Waals surface area contributed by atoms with Gasteiger partial charge in [-0.1, -0.05) is 18.2 Å². The third kappa shape index (κ3) is 3.32. The second-order valence-electron chi connectivity index (χ2n) is 5.54. The van der Waals surface area contributed by atoms with Gasteiger partial charge < -0.3 is 11.1 Å². The number of piperazine rings is 1. The molecule has 3 rings (SSSR count). The van der Waals surface area contributed by atoms with E-state index in [1.807, 2.05) is 30.5 Å². The van der Waals surface area contributed by atoms with Crippen LogP contribution < -0.4 is 11.1 Å². The standard InChI is InChI=1S/C17H20N4O/c18-17(22)14-4-1-3-13(9-14)12-21-8-7-20-11-16(21)15-5-2-6-19-10-15/h1-6,9-10,16,20H,7-8,11-12H2,(H2,18,22). The summed E-state index contributed by atoms with van der Waals surface area (Å²) in [5.41, 5.74) is 8.24. The molecule has 1 unspecified atom stereocenters. The summed E-state index contributed by atoms with van der Waals surface area (Å²) in [5.74, 6) is -0.383. The summed E-state index contributed by atoms with van der Waals surface area (Å²) in [6.07, 6.45) is 3.71. The van der Waals surface area contributed by atoms with Gasteiger partial charge in [-0.3, -0.25) is 14.7 Å². The van der Waals surface area contributed by atoms with E-state index < -0.39 is 0 Å². The topological polar surface area (TPSA) is 71.2 Å². The first-order valence-corrected chi connectivity index (χ1v) is 7.47. The number of carbonyl (C=O) groups is 1. The number of carbonyl (C=O) groups excluding carboxylic acids is 1. The van der Waals surface area contributed by atoms with E-state index >= 15 is 0 Å². The van der Waals surface area contributed by atoms with Crippen molar-refractivity contribution in [2.45, 2.75) is 12.6 Å². The predicted octanol–water partition coefficient (Wildman–Crippen LogP) is 1.33. The fourth-order valence-electron chi connectivity index (χ4n) is 2.89. The summed E-state index contributed by atoms with van der Waals surface area (Å²) in [7, 11) is 0. The number of primary amides is 1. The summed E-state index contributed by atoms with van der Waals surface area (Å²) in [4.78, 5) is 18.0. The van der Waals surface area contributed by atoms with E-state index in [4.69, 9.17) is 5.73 Å². The van der Waals surface area contributed by atoms with Crippen LogP contribution >= 0.6 is 0 Å². The molecule has 0 spiro atoms. The number of hydrogen-bond acceptors (Lipinski definition) is 4. The monoisotopic (exact) mass is 296 g/mol. The molecular formula is C17H20N4O. The minimum absolute atomic E-state index is 0.291. The Morgan fingerprint density at radius 1 is 1.36 bits per heavy atom. The van der Waals surface area contributed by atoms with E-state index in [1.165, 1.54) is 5.56 Å². The fourth-order valence-corrected chi connectivity index (χ4v) is 2.89. The molecular weight excluding hydrogens is 276 g/mol. The molecule has 1 aromatic heterocycles. The molecule has 0 bridgehead atoms. The zero-order chi connectivity index (χ0) is 15.4. The molecule has 2 heterocycles. The Morgan fingerprint density at radius 3 is 3.05 bits per heavy atom. The van der Waals surface area contributed by atoms with E-state index in [0.29, 0.717) is 11.6 Å². The SMILES string of the molecule is NC(=O)c1cccc(CN2CCNCC2c2cccnc2)c1. The van der Waals surface area contributed by atoms with Crippen molar-refractivity contribution in [2.75, 3.05) is 19.6 Å². The lowest BCUT2D eigenvalue weighted by Gasteiger charge is -2.36. The van der Waals surface area contributed by atoms with Crippen LogP contribution in [0.3, 0.4) is 0 Å². The van der Waals surface area contributed by atoms with Crippen molar-refractivity contribution < 1.29 is 4.79 Å². The molecule has 1 aromatic carbocycles. The molecule has 1 amide bonds. The highest BCUT2D eigenvalue weighted by Gasteiger charge is 2.23. The van der Waals surface area contributed by atoms with E-state index in [-0.39, 0.29) is 5.91 Å². The number of benzene rings is 1. The number of nitrogens with one attached hydrogen (secondary N) is 1. The first kappa shape index (κ1) is 14.7. The highest BCUT2D eigenvalue weighted by molar-refractivity contribution is 5.92. The molecule has 22 heavy (non-hydrogen) atoms. The van der Waals surface area contributed by atoms with Crippen molar-refractivity contribution in [3.63, 3.8) is 0 Å². The average molecular weight is 296 g/mol. The van der Waals surface area contributed by atoms with E-state index in [9.17, 15) is 4.79 Å². The van der Waals surface area contributed by atoms with Crippen molar-refractivity contribution in [1.29, 1.82) is 0 Å². The van der Waals surface area contributed by atoms with Crippen molar-refractivity contribution in [3.05, 3.63) is 65.5 Å². The smallest absolute Gasteiger partial charge is 0.248 e. The highest BCUT2D eigenvalue weighted by atomic mass is 16.1. The van der Waals surface area contributed by atoms with Crippen LogP contribution in [-0.4, -0.2) is 35.4 Å². The zero-order valence-electron chi connectivity index (χ0n) is 12.4. The second-order valence-corrected chi connectivity index (χ2v) is 5.54. The van der Waals surface area contributed by atoms with Gasteiger partial charge >= 0.3 is 0 Å². The molecule has 5 nitrogen and oxygen atoms in total. The van der Waals surface area contributed by atoms with Crippen molar-refractivity contribution in [3.8, 4) is 0 Å². The first-order chi connectivity index (χ1) is 10.7. The summed E-state index contributed by atoms with van der Waals surface area (Å²) in [6.45, 7) is 3.62. The van der Waals surface area contributed by atoms with Crippen LogP contribution in [0.1, 0.15) is 27.5 Å². The normalized spacial score (nSPS) is 19.0. The van der Waals surface area contributed by atoms with Gasteiger partial charge in [0, 0.05) is 50.2 Å². The van der Waals surface area contributed by atoms with Gasteiger partial charge in [-0.2, -0.15) is 0 Å². The zero-order valence-corrected chi connectivity index (χ0v) is 12.4. The number of rotatable bonds is 4. The quantitative estimate of drug-likeness (QED) is 0.893. The van der Waals surface area contributed by atoms with Gasteiger partial charge in [0.2, 0.25) is 5.91 Å². The molecule has 2 aromatic rings. The Bertz CT molecular complexity index is 644. The molecule has 1 saturated heterocycles. The first-order valence-electron chi connectivity index (χ1n) is 7.47. The average Bonchev–Trinajstić information content (AvgIpc) is 2.56. The van der Waals surface area contributed by atoms with Crippen LogP contribution in [-0.2, 0) is 6.54 Å². The molecule has 114 valence electrons. The van der Waals surface area contributed by atoms with Crippen molar-refractivity contribution >= 4 is 5.91 Å². The molecule has 3 N–H and O–H groups in total. The van der Waals surface area contributed by atoms with Gasteiger partial charge in [0.05, 0.1) is 0 Å². The van der Waals surface area contributed by atoms with Crippen LogP contribution in [0, 0.1) is 0 Å². The Kier molecular flexibility index (Phi) is 4.46. The minimum Gasteiger partial charge on any atom is -0.366 e. The molecule has 0 radical (unpaired) electrons. The number of pyridine rings is 1. The van der Waals surface area contributed by atoms with Crippen LogP contribution in [0.15, 0.2) is 48.8 Å². The predicted molar refractivity (Wildman–Crippen MR) is 85.2 cm³/mol. The van der Waals surface area contributed by atoms with Gasteiger partial charge in [-0.05, 0) is 29.3 Å². The number of aromatic nitrogens is 1. The van der Waals surface area contributed by atoms with Gasteiger partial charge in [-0.25, -0.2) is 0 Å². The summed E-state index contributed by atoms with van der Waals surface area (Å²) in [5, 5.41) is 3.44. The Labute approximate surface area is 130 Å². The molecule has 5 heteroatoms. The summed E-state index contributed by atoms with van der Waals surface area (Å²) in [6, 6.07) is 11.9. The highest BCUT2D eigenvalue weighted by Crippen LogP contribution is 2.23. The Hall–Kier alpha value is -2.24. The lowest BCUT2D eigenvalue weighted by atomic mass is 10.0. The van der Waals surface area contributed by atoms with E-state index in [0.717, 1.165) is 31.7 Å². The van der Waals surface area contributed by atoms with E-state index in [2.05, 4.69) is 21.3 Å². The van der Waals surface area contributed by atoms with Crippen LogP contribution in [0.25, 0.3) is 0 Å². The van der Waals surface area contributed by atoms with E-state index in [1.54, 1.807) is 12.3 Å². The Balaban J connectivity index is 1.80. The number of nitrogens with two attached hydrogens (primary N) is 1. The second kappa shape index (κ2) is 6.68. The lowest BCUT2D eigenvalue weighted by molar-refractivity contribution is 0.1000. The minimum atomic E-state index is -0.383. The van der Waals surface area contributed by atoms with Crippen molar-refractivity contribution in [1.82, 2.24) is 15.2 Å². The fraction of sp³-hybridized carbons (Fsp3) is 0.294. The maximum atomic E-state index is 11.3. The molecule has 0 aliphatic carbocycles. The van der Waals surface area contributed by atoms with Crippen LogP contribution in [0.5, 0.6) is 0 Å². The molecule has 1 fully saturated rings. The van der Waals surface area contributed by atoms with Crippen molar-refractivity contribution in [2.24, 2.45) is 5.73 Å². The van der Waals surface area contributed by atoms with Gasteiger partial charge in [0.15, 0.2) is 0 Å². The third-order valence-corrected chi connectivity index (χ3v) is 4.02. The number of nitrogens with zero attached hydrogens (tertiary/aromatic N) is 2. The molecule has 1 atom stereocenters. The summed E-state index contributed by atoms with van der Waals surface area (Å²) < 4.78 is 0. The molecule has 1 aliphatic rings. The lowest BCUT2D eigenvalue weighted by Crippen LogP contribution is -2.45. The summed E-state index contributed by atoms with van der Waals surface area (Å²) >= 11 is 0. The Morgan fingerprint density at radius 2 is 2.27 bits per heavy atom. The number of amides is 1. The molecule has 1 aliphatic heterocycles. The van der Waals surface area contributed by atoms with Crippen LogP contribution in [0.2, 0.25) is 0 Å². The van der Waals surface area contributed by atoms with Crippen LogP contribution in [0.4, 0.5) is 0 Å². The largest absolute Gasteiger partial charge is 0.366 e. The number of hydrogen-bond donors (Lipinski definition) is 2.